The van der Waals surface area contributed by atoms with Gasteiger partial charge in [0.05, 0.1) is 18.4 Å². The molecule has 1 aliphatic heterocycles. The predicted octanol–water partition coefficient (Wildman–Crippen LogP) is 4.42. The van der Waals surface area contributed by atoms with Crippen molar-refractivity contribution in [2.75, 3.05) is 7.11 Å². The SMILES string of the molecule is COC(=O)c1cccc(CC2=Nc3cc(Br)c(C)cc3C2)c1. The lowest BCUT2D eigenvalue weighted by molar-refractivity contribution is 0.0600. The highest BCUT2D eigenvalue weighted by atomic mass is 79.9. The van der Waals surface area contributed by atoms with Crippen LogP contribution in [0, 0.1) is 6.92 Å². The number of nitrogens with zero attached hydrogens (tertiary/aromatic N) is 1. The maximum Gasteiger partial charge on any atom is 0.337 e. The van der Waals surface area contributed by atoms with Crippen LogP contribution in [0.4, 0.5) is 5.69 Å². The number of hydrogen-bond acceptors (Lipinski definition) is 3. The average Bonchev–Trinajstić information content (AvgIpc) is 2.88. The fraction of sp³-hybridized carbons (Fsp3) is 0.222. The van der Waals surface area contributed by atoms with Gasteiger partial charge in [0.2, 0.25) is 0 Å². The Hall–Kier alpha value is -1.94. The van der Waals surface area contributed by atoms with E-state index in [0.29, 0.717) is 5.56 Å². The molecule has 0 spiro atoms. The van der Waals surface area contributed by atoms with Gasteiger partial charge in [0.25, 0.3) is 0 Å². The van der Waals surface area contributed by atoms with Crippen LogP contribution in [0.2, 0.25) is 0 Å². The molecule has 1 aliphatic rings. The molecule has 0 bridgehead atoms. The molecule has 0 atom stereocenters. The standard InChI is InChI=1S/C18H16BrNO2/c1-11-6-14-9-15(20-17(14)10-16(11)19)8-12-4-3-5-13(7-12)18(21)22-2/h3-7,10H,8-9H2,1-2H3. The van der Waals surface area contributed by atoms with Crippen molar-refractivity contribution >= 4 is 33.3 Å². The van der Waals surface area contributed by atoms with Crippen LogP contribution in [0.3, 0.4) is 0 Å². The molecule has 0 radical (unpaired) electrons. The highest BCUT2D eigenvalue weighted by Gasteiger charge is 2.17. The van der Waals surface area contributed by atoms with Gasteiger partial charge < -0.3 is 4.74 Å². The third-order valence-electron chi connectivity index (χ3n) is 3.79. The maximum absolute atomic E-state index is 11.6. The summed E-state index contributed by atoms with van der Waals surface area (Å²) in [7, 11) is 1.40. The highest BCUT2D eigenvalue weighted by molar-refractivity contribution is 9.10. The second-order valence-electron chi connectivity index (χ2n) is 5.45. The van der Waals surface area contributed by atoms with E-state index in [2.05, 4.69) is 35.0 Å². The van der Waals surface area contributed by atoms with E-state index in [0.717, 1.165) is 34.3 Å². The number of aryl methyl sites for hydroxylation is 1. The molecule has 0 aliphatic carbocycles. The Morgan fingerprint density at radius 1 is 1.32 bits per heavy atom. The molecule has 112 valence electrons. The second-order valence-corrected chi connectivity index (χ2v) is 6.31. The number of methoxy groups -OCH3 is 1. The number of fused-ring (bicyclic) bond motifs is 1. The normalized spacial score (nSPS) is 12.8. The molecule has 0 aromatic heterocycles. The van der Waals surface area contributed by atoms with Crippen LogP contribution in [-0.4, -0.2) is 18.8 Å². The van der Waals surface area contributed by atoms with Crippen LogP contribution in [0.5, 0.6) is 0 Å². The van der Waals surface area contributed by atoms with Gasteiger partial charge in [-0.25, -0.2) is 4.79 Å². The summed E-state index contributed by atoms with van der Waals surface area (Å²) in [4.78, 5) is 16.3. The number of ether oxygens (including phenoxy) is 1. The number of hydrogen-bond donors (Lipinski definition) is 0. The monoisotopic (exact) mass is 357 g/mol. The summed E-state index contributed by atoms with van der Waals surface area (Å²) in [6, 6.07) is 11.8. The number of carbonyl (C=O) groups excluding carboxylic acids is 1. The maximum atomic E-state index is 11.6. The Morgan fingerprint density at radius 2 is 2.14 bits per heavy atom. The van der Waals surface area contributed by atoms with Crippen LogP contribution in [0.15, 0.2) is 45.9 Å². The minimum Gasteiger partial charge on any atom is -0.465 e. The number of esters is 1. The van der Waals surface area contributed by atoms with E-state index in [4.69, 9.17) is 9.73 Å². The van der Waals surface area contributed by atoms with Crippen LogP contribution in [0.1, 0.15) is 27.0 Å². The summed E-state index contributed by atoms with van der Waals surface area (Å²) >= 11 is 3.55. The Kier molecular flexibility index (Phi) is 4.12. The number of halogens is 1. The second kappa shape index (κ2) is 6.05. The van der Waals surface area contributed by atoms with Crippen molar-refractivity contribution in [1.29, 1.82) is 0 Å². The van der Waals surface area contributed by atoms with Gasteiger partial charge in [-0.3, -0.25) is 4.99 Å². The van der Waals surface area contributed by atoms with Crippen LogP contribution < -0.4 is 0 Å². The Labute approximate surface area is 138 Å². The lowest BCUT2D eigenvalue weighted by Crippen LogP contribution is -2.05. The first-order valence-electron chi connectivity index (χ1n) is 7.09. The molecule has 0 saturated carbocycles. The minimum absolute atomic E-state index is 0.307. The smallest absolute Gasteiger partial charge is 0.337 e. The molecule has 3 nitrogen and oxygen atoms in total. The Bertz CT molecular complexity index is 781. The Balaban J connectivity index is 1.81. The zero-order valence-corrected chi connectivity index (χ0v) is 14.1. The molecule has 4 heteroatoms. The molecule has 0 N–H and O–H groups in total. The summed E-state index contributed by atoms with van der Waals surface area (Å²) in [5, 5.41) is 0. The van der Waals surface area contributed by atoms with Gasteiger partial charge in [-0.2, -0.15) is 0 Å². The van der Waals surface area contributed by atoms with Gasteiger partial charge in [0.15, 0.2) is 0 Å². The molecule has 2 aromatic carbocycles. The van der Waals surface area contributed by atoms with E-state index in [1.165, 1.54) is 18.2 Å². The first-order valence-corrected chi connectivity index (χ1v) is 7.89. The van der Waals surface area contributed by atoms with Gasteiger partial charge in [-0.05, 0) is 41.8 Å². The number of rotatable bonds is 3. The average molecular weight is 358 g/mol. The van der Waals surface area contributed by atoms with Crippen molar-refractivity contribution in [3.63, 3.8) is 0 Å². The van der Waals surface area contributed by atoms with Gasteiger partial charge in [0, 0.05) is 23.0 Å². The van der Waals surface area contributed by atoms with Crippen LogP contribution in [0.25, 0.3) is 0 Å². The molecule has 1 heterocycles. The van der Waals surface area contributed by atoms with Crippen molar-refractivity contribution in [2.24, 2.45) is 4.99 Å². The fourth-order valence-corrected chi connectivity index (χ4v) is 3.00. The van der Waals surface area contributed by atoms with Crippen molar-refractivity contribution < 1.29 is 9.53 Å². The summed E-state index contributed by atoms with van der Waals surface area (Å²) in [5.41, 5.74) is 6.30. The zero-order chi connectivity index (χ0) is 15.7. The van der Waals surface area contributed by atoms with Crippen molar-refractivity contribution in [3.8, 4) is 0 Å². The molecule has 0 unspecified atom stereocenters. The number of carbonyl (C=O) groups is 1. The summed E-state index contributed by atoms with van der Waals surface area (Å²) in [6.45, 7) is 2.09. The minimum atomic E-state index is -0.307. The summed E-state index contributed by atoms with van der Waals surface area (Å²) < 4.78 is 5.85. The largest absolute Gasteiger partial charge is 0.465 e. The van der Waals surface area contributed by atoms with Gasteiger partial charge in [-0.1, -0.05) is 34.1 Å². The molecule has 3 rings (SSSR count). The van der Waals surface area contributed by atoms with E-state index in [1.54, 1.807) is 6.07 Å². The molecular weight excluding hydrogens is 342 g/mol. The summed E-state index contributed by atoms with van der Waals surface area (Å²) in [5.74, 6) is -0.307. The van der Waals surface area contributed by atoms with E-state index in [-0.39, 0.29) is 5.97 Å². The quantitative estimate of drug-likeness (QED) is 0.762. The van der Waals surface area contributed by atoms with E-state index in [1.807, 2.05) is 18.2 Å². The summed E-state index contributed by atoms with van der Waals surface area (Å²) in [6.07, 6.45) is 1.61. The first-order chi connectivity index (χ1) is 10.6. The number of aliphatic imine (C=N–C) groups is 1. The third-order valence-corrected chi connectivity index (χ3v) is 4.64. The number of benzene rings is 2. The molecule has 2 aromatic rings. The van der Waals surface area contributed by atoms with Crippen LogP contribution >= 0.6 is 15.9 Å². The van der Waals surface area contributed by atoms with Gasteiger partial charge >= 0.3 is 5.97 Å². The van der Waals surface area contributed by atoms with Crippen molar-refractivity contribution in [3.05, 3.63) is 63.1 Å². The lowest BCUT2D eigenvalue weighted by atomic mass is 10.0. The predicted molar refractivity (Wildman–Crippen MR) is 91.2 cm³/mol. The molecule has 0 saturated heterocycles. The van der Waals surface area contributed by atoms with Gasteiger partial charge in [0.1, 0.15) is 0 Å². The molecule has 0 amide bonds. The topological polar surface area (TPSA) is 38.7 Å². The van der Waals surface area contributed by atoms with Gasteiger partial charge in [-0.15, -0.1) is 0 Å². The molecule has 0 fully saturated rings. The zero-order valence-electron chi connectivity index (χ0n) is 12.5. The third kappa shape index (κ3) is 2.97. The van der Waals surface area contributed by atoms with E-state index >= 15 is 0 Å². The lowest BCUT2D eigenvalue weighted by Gasteiger charge is -2.04. The van der Waals surface area contributed by atoms with Crippen molar-refractivity contribution in [2.45, 2.75) is 19.8 Å². The van der Waals surface area contributed by atoms with Crippen LogP contribution in [-0.2, 0) is 17.6 Å². The molecule has 22 heavy (non-hydrogen) atoms. The first kappa shape index (κ1) is 15.0. The fourth-order valence-electron chi connectivity index (χ4n) is 2.67. The van der Waals surface area contributed by atoms with Crippen molar-refractivity contribution in [1.82, 2.24) is 0 Å². The highest BCUT2D eigenvalue weighted by Crippen LogP contribution is 2.32. The van der Waals surface area contributed by atoms with E-state index in [9.17, 15) is 4.79 Å². The van der Waals surface area contributed by atoms with E-state index < -0.39 is 0 Å². The molecular formula is C18H16BrNO2. The Morgan fingerprint density at radius 3 is 2.91 bits per heavy atom.